The number of carbonyl (C=O) groups is 2. The minimum atomic E-state index is -1.16. The molecular weight excluding hydrogens is 325 g/mol. The minimum absolute atomic E-state index is 0.0814. The summed E-state index contributed by atoms with van der Waals surface area (Å²) in [4.78, 5) is 23.8. The maximum absolute atomic E-state index is 12.4. The summed E-state index contributed by atoms with van der Waals surface area (Å²) < 4.78 is 5.08. The first-order valence-electron chi connectivity index (χ1n) is 7.68. The van der Waals surface area contributed by atoms with E-state index in [1.54, 1.807) is 24.3 Å². The zero-order valence-corrected chi connectivity index (χ0v) is 13.2. The standard InChI is InChI=1S/C17H16BNO6/c20-13-5-1-10(2-6-13)7-15(17(22)23)19-16(21)11-3-4-12-9-25-18(24)14(12)8-11/h1-6,8,15,20,24H,7,9H2,(H,19,21)(H,22,23). The minimum Gasteiger partial charge on any atom is -0.508 e. The molecule has 2 aromatic carbocycles. The Morgan fingerprint density at radius 2 is 1.92 bits per heavy atom. The summed E-state index contributed by atoms with van der Waals surface area (Å²) in [6, 6.07) is 9.73. The van der Waals surface area contributed by atoms with E-state index < -0.39 is 25.0 Å². The van der Waals surface area contributed by atoms with E-state index in [0.717, 1.165) is 5.56 Å². The van der Waals surface area contributed by atoms with Crippen molar-refractivity contribution in [2.75, 3.05) is 0 Å². The summed E-state index contributed by atoms with van der Waals surface area (Å²) >= 11 is 0. The van der Waals surface area contributed by atoms with Crippen molar-refractivity contribution in [1.82, 2.24) is 5.32 Å². The topological polar surface area (TPSA) is 116 Å². The van der Waals surface area contributed by atoms with Crippen LogP contribution in [-0.2, 0) is 22.5 Å². The highest BCUT2D eigenvalue weighted by Gasteiger charge is 2.29. The molecular formula is C17H16BNO6. The molecule has 1 aliphatic heterocycles. The molecule has 25 heavy (non-hydrogen) atoms. The van der Waals surface area contributed by atoms with Gasteiger partial charge in [0.1, 0.15) is 11.8 Å². The predicted molar refractivity (Wildman–Crippen MR) is 89.5 cm³/mol. The molecule has 0 fully saturated rings. The van der Waals surface area contributed by atoms with Crippen LogP contribution in [0.5, 0.6) is 5.75 Å². The number of fused-ring (bicyclic) bond motifs is 1. The number of rotatable bonds is 5. The van der Waals surface area contributed by atoms with Gasteiger partial charge in [0.2, 0.25) is 0 Å². The predicted octanol–water partition coefficient (Wildman–Crippen LogP) is 0.0356. The maximum atomic E-state index is 12.4. The van der Waals surface area contributed by atoms with Gasteiger partial charge < -0.3 is 25.2 Å². The summed E-state index contributed by atoms with van der Waals surface area (Å²) in [6.45, 7) is 0.275. The first-order valence-corrected chi connectivity index (χ1v) is 7.68. The van der Waals surface area contributed by atoms with E-state index in [2.05, 4.69) is 5.32 Å². The number of nitrogens with one attached hydrogen (secondary N) is 1. The second-order valence-electron chi connectivity index (χ2n) is 5.81. The molecule has 4 N–H and O–H groups in total. The van der Waals surface area contributed by atoms with Gasteiger partial charge >= 0.3 is 13.1 Å². The van der Waals surface area contributed by atoms with Crippen molar-refractivity contribution in [2.24, 2.45) is 0 Å². The number of aromatic hydroxyl groups is 1. The van der Waals surface area contributed by atoms with E-state index in [4.69, 9.17) is 4.65 Å². The number of amides is 1. The van der Waals surface area contributed by atoms with Gasteiger partial charge in [-0.2, -0.15) is 0 Å². The third-order valence-corrected chi connectivity index (χ3v) is 4.05. The largest absolute Gasteiger partial charge is 0.508 e. The third kappa shape index (κ3) is 3.81. The van der Waals surface area contributed by atoms with Crippen molar-refractivity contribution in [3.8, 4) is 5.75 Å². The number of phenols is 1. The summed E-state index contributed by atoms with van der Waals surface area (Å²) in [6.07, 6.45) is 0.0814. The number of carboxylic acids is 1. The van der Waals surface area contributed by atoms with Crippen LogP contribution in [0.2, 0.25) is 0 Å². The first-order chi connectivity index (χ1) is 11.9. The molecule has 8 heteroatoms. The van der Waals surface area contributed by atoms with Crippen LogP contribution >= 0.6 is 0 Å². The number of hydrogen-bond donors (Lipinski definition) is 4. The molecule has 0 aliphatic carbocycles. The average molecular weight is 341 g/mol. The molecule has 1 amide bonds. The monoisotopic (exact) mass is 341 g/mol. The smallest absolute Gasteiger partial charge is 0.491 e. The van der Waals surface area contributed by atoms with Crippen LogP contribution in [0.15, 0.2) is 42.5 Å². The first kappa shape index (κ1) is 17.0. The number of phenolic OH excluding ortho intramolecular Hbond substituents is 1. The van der Waals surface area contributed by atoms with Gasteiger partial charge in [-0.25, -0.2) is 4.79 Å². The van der Waals surface area contributed by atoms with Crippen molar-refractivity contribution in [3.63, 3.8) is 0 Å². The summed E-state index contributed by atoms with van der Waals surface area (Å²) in [5.41, 5.74) is 2.23. The quantitative estimate of drug-likeness (QED) is 0.571. The highest BCUT2D eigenvalue weighted by molar-refractivity contribution is 6.61. The molecule has 1 aliphatic rings. The SMILES string of the molecule is O=C(NC(Cc1ccc(O)cc1)C(=O)O)c1ccc2c(c1)B(O)OC2. The lowest BCUT2D eigenvalue weighted by atomic mass is 9.78. The van der Waals surface area contributed by atoms with Crippen LogP contribution in [0.4, 0.5) is 0 Å². The Morgan fingerprint density at radius 3 is 2.60 bits per heavy atom. The van der Waals surface area contributed by atoms with E-state index >= 15 is 0 Å². The molecule has 2 aromatic rings. The molecule has 128 valence electrons. The second kappa shape index (κ2) is 6.96. The van der Waals surface area contributed by atoms with Crippen LogP contribution in [0.3, 0.4) is 0 Å². The number of carbonyl (C=O) groups excluding carboxylic acids is 1. The lowest BCUT2D eigenvalue weighted by Crippen LogP contribution is -2.42. The zero-order valence-electron chi connectivity index (χ0n) is 13.2. The molecule has 1 unspecified atom stereocenters. The summed E-state index contributed by atoms with van der Waals surface area (Å²) in [5, 5.41) is 30.8. The average Bonchev–Trinajstić information content (AvgIpc) is 2.96. The van der Waals surface area contributed by atoms with Crippen LogP contribution in [-0.4, -0.2) is 40.3 Å². The van der Waals surface area contributed by atoms with Crippen molar-refractivity contribution in [3.05, 3.63) is 59.2 Å². The fraction of sp³-hybridized carbons (Fsp3) is 0.176. The number of hydrogen-bond acceptors (Lipinski definition) is 5. The van der Waals surface area contributed by atoms with Crippen molar-refractivity contribution < 1.29 is 29.5 Å². The Labute approximate surface area is 144 Å². The van der Waals surface area contributed by atoms with E-state index in [0.29, 0.717) is 11.0 Å². The van der Waals surface area contributed by atoms with Gasteiger partial charge in [-0.05, 0) is 40.9 Å². The van der Waals surface area contributed by atoms with Crippen LogP contribution in [0, 0.1) is 0 Å². The van der Waals surface area contributed by atoms with Crippen LogP contribution in [0.1, 0.15) is 21.5 Å². The van der Waals surface area contributed by atoms with Crippen molar-refractivity contribution in [2.45, 2.75) is 19.1 Å². The van der Waals surface area contributed by atoms with E-state index in [-0.39, 0.29) is 24.3 Å². The fourth-order valence-electron chi connectivity index (χ4n) is 2.67. The molecule has 0 bridgehead atoms. The molecule has 3 rings (SSSR count). The number of benzene rings is 2. The highest BCUT2D eigenvalue weighted by Crippen LogP contribution is 2.13. The normalized spacial score (nSPS) is 14.0. The molecule has 0 saturated heterocycles. The molecule has 7 nitrogen and oxygen atoms in total. The Hall–Kier alpha value is -2.84. The Bertz CT molecular complexity index is 807. The Balaban J connectivity index is 1.74. The van der Waals surface area contributed by atoms with Gasteiger partial charge in [0.25, 0.3) is 5.91 Å². The maximum Gasteiger partial charge on any atom is 0.491 e. The Kier molecular flexibility index (Phi) is 4.73. The highest BCUT2D eigenvalue weighted by atomic mass is 16.5. The van der Waals surface area contributed by atoms with Gasteiger partial charge in [0.05, 0.1) is 6.61 Å². The van der Waals surface area contributed by atoms with Crippen LogP contribution in [0.25, 0.3) is 0 Å². The number of aliphatic carboxylic acids is 1. The van der Waals surface area contributed by atoms with Gasteiger partial charge in [-0.15, -0.1) is 0 Å². The summed E-state index contributed by atoms with van der Waals surface area (Å²) in [5.74, 6) is -1.63. The fourth-order valence-corrected chi connectivity index (χ4v) is 2.67. The van der Waals surface area contributed by atoms with Crippen LogP contribution < -0.4 is 10.8 Å². The van der Waals surface area contributed by atoms with Gasteiger partial charge in [0.15, 0.2) is 0 Å². The van der Waals surface area contributed by atoms with Crippen molar-refractivity contribution >= 4 is 24.5 Å². The van der Waals surface area contributed by atoms with Gasteiger partial charge in [0, 0.05) is 12.0 Å². The lowest BCUT2D eigenvalue weighted by Gasteiger charge is -2.15. The van der Waals surface area contributed by atoms with Crippen molar-refractivity contribution in [1.29, 1.82) is 0 Å². The van der Waals surface area contributed by atoms with E-state index in [9.17, 15) is 24.8 Å². The van der Waals surface area contributed by atoms with E-state index in [1.807, 2.05) is 0 Å². The molecule has 1 heterocycles. The molecule has 0 spiro atoms. The molecule has 1 atom stereocenters. The number of carboxylic acid groups (broad SMARTS) is 1. The second-order valence-corrected chi connectivity index (χ2v) is 5.81. The zero-order chi connectivity index (χ0) is 18.0. The molecule has 0 saturated carbocycles. The van der Waals surface area contributed by atoms with Gasteiger partial charge in [-0.3, -0.25) is 4.79 Å². The molecule has 0 radical (unpaired) electrons. The van der Waals surface area contributed by atoms with Gasteiger partial charge in [-0.1, -0.05) is 18.2 Å². The lowest BCUT2D eigenvalue weighted by molar-refractivity contribution is -0.139. The van der Waals surface area contributed by atoms with E-state index in [1.165, 1.54) is 18.2 Å². The third-order valence-electron chi connectivity index (χ3n) is 4.05. The summed E-state index contributed by atoms with van der Waals surface area (Å²) in [7, 11) is -1.07. The Morgan fingerprint density at radius 1 is 1.20 bits per heavy atom. The molecule has 0 aromatic heterocycles.